The number of hydrogen-bond donors (Lipinski definition) is 2. The van der Waals surface area contributed by atoms with E-state index in [1.54, 1.807) is 4.90 Å². The summed E-state index contributed by atoms with van der Waals surface area (Å²) < 4.78 is 0. The van der Waals surface area contributed by atoms with Gasteiger partial charge >= 0.3 is 6.03 Å². The molecule has 0 bridgehead atoms. The molecule has 0 radical (unpaired) electrons. The van der Waals surface area contributed by atoms with Gasteiger partial charge in [0, 0.05) is 43.7 Å². The molecule has 3 amide bonds. The third-order valence-corrected chi connectivity index (χ3v) is 5.70. The summed E-state index contributed by atoms with van der Waals surface area (Å²) >= 11 is 1.43. The zero-order valence-corrected chi connectivity index (χ0v) is 17.4. The van der Waals surface area contributed by atoms with Crippen molar-refractivity contribution in [2.24, 2.45) is 0 Å². The quantitative estimate of drug-likeness (QED) is 0.808. The van der Waals surface area contributed by atoms with Crippen molar-refractivity contribution in [1.82, 2.24) is 20.1 Å². The number of aromatic nitrogens is 1. The molecule has 0 saturated carbocycles. The van der Waals surface area contributed by atoms with Crippen molar-refractivity contribution in [3.05, 3.63) is 35.2 Å². The molecular weight excluding hydrogens is 374 g/mol. The minimum absolute atomic E-state index is 0.0364. The van der Waals surface area contributed by atoms with Crippen molar-refractivity contribution in [2.75, 3.05) is 38.0 Å². The van der Waals surface area contributed by atoms with E-state index in [4.69, 9.17) is 0 Å². The van der Waals surface area contributed by atoms with Crippen molar-refractivity contribution >= 4 is 28.4 Å². The van der Waals surface area contributed by atoms with E-state index >= 15 is 0 Å². The third-order valence-electron chi connectivity index (χ3n) is 4.94. The lowest BCUT2D eigenvalue weighted by Crippen LogP contribution is -2.55. The zero-order valence-electron chi connectivity index (χ0n) is 16.6. The number of thiazole rings is 1. The van der Waals surface area contributed by atoms with Crippen LogP contribution < -0.4 is 10.6 Å². The monoisotopic (exact) mass is 401 g/mol. The van der Waals surface area contributed by atoms with Gasteiger partial charge in [-0.15, -0.1) is 11.3 Å². The minimum atomic E-state index is -0.275. The Labute approximate surface area is 169 Å². The summed E-state index contributed by atoms with van der Waals surface area (Å²) in [6, 6.07) is 7.86. The fourth-order valence-corrected chi connectivity index (χ4v) is 3.86. The molecule has 1 aliphatic rings. The van der Waals surface area contributed by atoms with Gasteiger partial charge in [0.25, 0.3) is 0 Å². The predicted molar refractivity (Wildman–Crippen MR) is 113 cm³/mol. The molecule has 28 heavy (non-hydrogen) atoms. The first-order valence-corrected chi connectivity index (χ1v) is 10.5. The lowest BCUT2D eigenvalue weighted by Gasteiger charge is -2.37. The topological polar surface area (TPSA) is 77.6 Å². The molecular formula is C20H27N5O2S. The fourth-order valence-electron chi connectivity index (χ4n) is 3.14. The Morgan fingerprint density at radius 1 is 1.18 bits per heavy atom. The van der Waals surface area contributed by atoms with Gasteiger partial charge in [0.05, 0.1) is 11.7 Å². The Hall–Kier alpha value is -2.45. The number of nitrogens with zero attached hydrogens (tertiary/aromatic N) is 3. The van der Waals surface area contributed by atoms with E-state index < -0.39 is 0 Å². The van der Waals surface area contributed by atoms with Crippen LogP contribution >= 0.6 is 11.3 Å². The van der Waals surface area contributed by atoms with Crippen LogP contribution in [0, 0.1) is 6.92 Å². The maximum Gasteiger partial charge on any atom is 0.317 e. The highest BCUT2D eigenvalue weighted by Crippen LogP contribution is 2.25. The van der Waals surface area contributed by atoms with Crippen LogP contribution in [0.2, 0.25) is 0 Å². The van der Waals surface area contributed by atoms with Crippen molar-refractivity contribution < 1.29 is 9.59 Å². The Balaban J connectivity index is 1.54. The molecule has 1 aliphatic heterocycles. The Morgan fingerprint density at radius 3 is 2.50 bits per heavy atom. The Morgan fingerprint density at radius 2 is 1.86 bits per heavy atom. The van der Waals surface area contributed by atoms with Gasteiger partial charge in [0.15, 0.2) is 5.13 Å². The average molecular weight is 402 g/mol. The van der Waals surface area contributed by atoms with Gasteiger partial charge in [-0.25, -0.2) is 9.78 Å². The number of urea groups is 1. The van der Waals surface area contributed by atoms with Crippen LogP contribution in [-0.2, 0) is 4.79 Å². The van der Waals surface area contributed by atoms with Gasteiger partial charge in [-0.1, -0.05) is 29.8 Å². The molecule has 1 unspecified atom stereocenters. The van der Waals surface area contributed by atoms with Gasteiger partial charge in [-0.3, -0.25) is 9.69 Å². The summed E-state index contributed by atoms with van der Waals surface area (Å²) in [6.07, 6.45) is 0. The smallest absolute Gasteiger partial charge is 0.317 e. The summed E-state index contributed by atoms with van der Waals surface area (Å²) in [6.45, 7) is 9.08. The van der Waals surface area contributed by atoms with Crippen molar-refractivity contribution in [2.45, 2.75) is 26.8 Å². The molecule has 2 aromatic rings. The Kier molecular flexibility index (Phi) is 6.64. The van der Waals surface area contributed by atoms with Gasteiger partial charge in [-0.05, 0) is 20.8 Å². The number of rotatable bonds is 5. The fraction of sp³-hybridized carbons (Fsp3) is 0.450. The minimum Gasteiger partial charge on any atom is -0.338 e. The number of benzene rings is 1. The van der Waals surface area contributed by atoms with Crippen LogP contribution in [-0.4, -0.2) is 65.5 Å². The molecule has 7 nitrogen and oxygen atoms in total. The van der Waals surface area contributed by atoms with Crippen molar-refractivity contribution in [3.8, 4) is 11.3 Å². The zero-order chi connectivity index (χ0) is 20.1. The maximum atomic E-state index is 12.6. The molecule has 2 N–H and O–H groups in total. The third kappa shape index (κ3) is 4.88. The molecule has 2 heterocycles. The molecule has 0 aliphatic carbocycles. The lowest BCUT2D eigenvalue weighted by atomic mass is 10.1. The molecule has 1 atom stereocenters. The second-order valence-electron chi connectivity index (χ2n) is 6.93. The second-order valence-corrected chi connectivity index (χ2v) is 7.79. The highest BCUT2D eigenvalue weighted by molar-refractivity contribution is 7.14. The first-order chi connectivity index (χ1) is 13.5. The second kappa shape index (κ2) is 9.16. The van der Waals surface area contributed by atoms with E-state index in [0.29, 0.717) is 37.9 Å². The average Bonchev–Trinajstić information content (AvgIpc) is 3.16. The number of hydrogen-bond acceptors (Lipinski definition) is 5. The molecule has 1 saturated heterocycles. The first-order valence-electron chi connectivity index (χ1n) is 9.58. The van der Waals surface area contributed by atoms with E-state index in [2.05, 4.69) is 32.7 Å². The highest BCUT2D eigenvalue weighted by Gasteiger charge is 2.27. The highest BCUT2D eigenvalue weighted by atomic mass is 32.1. The number of nitrogens with one attached hydrogen (secondary N) is 2. The largest absolute Gasteiger partial charge is 0.338 e. The summed E-state index contributed by atoms with van der Waals surface area (Å²) in [5.74, 6) is -0.0729. The number of amides is 3. The summed E-state index contributed by atoms with van der Waals surface area (Å²) in [5, 5.41) is 8.30. The van der Waals surface area contributed by atoms with Crippen LogP contribution in [0.5, 0.6) is 0 Å². The number of carbonyl (C=O) groups is 2. The number of carbonyl (C=O) groups excluding carboxylic acids is 2. The van der Waals surface area contributed by atoms with Gasteiger partial charge in [0.2, 0.25) is 5.91 Å². The van der Waals surface area contributed by atoms with E-state index in [1.807, 2.05) is 38.3 Å². The van der Waals surface area contributed by atoms with Gasteiger partial charge in [0.1, 0.15) is 0 Å². The molecule has 1 fully saturated rings. The molecule has 8 heteroatoms. The normalized spacial score (nSPS) is 15.9. The van der Waals surface area contributed by atoms with Crippen molar-refractivity contribution in [3.63, 3.8) is 0 Å². The maximum absolute atomic E-state index is 12.6. The Bertz CT molecular complexity index is 812. The van der Waals surface area contributed by atoms with Crippen LogP contribution in [0.3, 0.4) is 0 Å². The molecule has 1 aromatic carbocycles. The summed E-state index contributed by atoms with van der Waals surface area (Å²) in [7, 11) is 0. The van der Waals surface area contributed by atoms with E-state index in [9.17, 15) is 9.59 Å². The van der Waals surface area contributed by atoms with Crippen LogP contribution in [0.1, 0.15) is 19.4 Å². The lowest BCUT2D eigenvalue weighted by molar-refractivity contribution is -0.121. The number of aryl methyl sites for hydroxylation is 1. The molecule has 0 spiro atoms. The first kappa shape index (κ1) is 20.3. The van der Waals surface area contributed by atoms with Crippen LogP contribution in [0.25, 0.3) is 11.3 Å². The van der Waals surface area contributed by atoms with Gasteiger partial charge < -0.3 is 15.5 Å². The van der Waals surface area contributed by atoms with E-state index in [1.165, 1.54) is 16.9 Å². The molecule has 1 aromatic heterocycles. The van der Waals surface area contributed by atoms with E-state index in [-0.39, 0.29) is 18.0 Å². The standard InChI is InChI=1S/C20H27N5O2S/c1-4-21-20(27)25-11-9-24(10-12-25)15(3)18(26)23-19-22-17(13-28-19)16-7-5-14(2)6-8-16/h5-8,13,15H,4,9-12H2,1-3H3,(H,21,27)(H,22,23,26). The van der Waals surface area contributed by atoms with Gasteiger partial charge in [-0.2, -0.15) is 0 Å². The summed E-state index contributed by atoms with van der Waals surface area (Å²) in [5.41, 5.74) is 3.11. The van der Waals surface area contributed by atoms with Crippen LogP contribution in [0.15, 0.2) is 29.6 Å². The van der Waals surface area contributed by atoms with E-state index in [0.717, 1.165) is 11.3 Å². The molecule has 150 valence electrons. The predicted octanol–water partition coefficient (Wildman–Crippen LogP) is 2.79. The number of piperazine rings is 1. The SMILES string of the molecule is CCNC(=O)N1CCN(C(C)C(=O)Nc2nc(-c3ccc(C)cc3)cs2)CC1. The van der Waals surface area contributed by atoms with Crippen molar-refractivity contribution in [1.29, 1.82) is 0 Å². The van der Waals surface area contributed by atoms with Crippen LogP contribution in [0.4, 0.5) is 9.93 Å². The summed E-state index contributed by atoms with van der Waals surface area (Å²) in [4.78, 5) is 33.0. The molecule has 3 rings (SSSR count). The number of anilines is 1.